The lowest BCUT2D eigenvalue weighted by atomic mass is 9.81. The Balaban J connectivity index is 0.000000308. The number of ketones is 1. The van der Waals surface area contributed by atoms with Gasteiger partial charge < -0.3 is 145 Å². The van der Waals surface area contributed by atoms with E-state index in [2.05, 4.69) is 241 Å². The molecule has 0 bridgehead atoms. The Morgan fingerprint density at radius 3 is 0.973 bits per heavy atom. The highest BCUT2D eigenvalue weighted by molar-refractivity contribution is 7.66. The monoisotopic (exact) mass is 2270 g/mol. The number of fused-ring (bicyclic) bond motifs is 4. The third kappa shape index (κ3) is 30.9. The summed E-state index contributed by atoms with van der Waals surface area (Å²) in [6.07, 6.45) is -12.4. The second-order valence-corrected chi connectivity index (χ2v) is 83.8. The van der Waals surface area contributed by atoms with Crippen molar-refractivity contribution < 1.29 is 177 Å². The zero-order chi connectivity index (χ0) is 113. The van der Waals surface area contributed by atoms with Crippen molar-refractivity contribution in [1.82, 2.24) is 0 Å². The van der Waals surface area contributed by atoms with E-state index in [1.165, 1.54) is 0 Å². The summed E-state index contributed by atoms with van der Waals surface area (Å²) in [5.74, 6) is -2.56. The van der Waals surface area contributed by atoms with Gasteiger partial charge in [0.05, 0.1) is 125 Å². The smallest absolute Gasteiger partial charge is 0.414 e. The van der Waals surface area contributed by atoms with Crippen LogP contribution >= 0.6 is 23.5 Å². The van der Waals surface area contributed by atoms with Crippen LogP contribution in [0.2, 0.25) is 88.7 Å². The first-order chi connectivity index (χ1) is 67.5. The topological polar surface area (TPSA) is 609 Å². The molecule has 11 heterocycles. The van der Waals surface area contributed by atoms with E-state index >= 15 is 0 Å². The predicted octanol–water partition coefficient (Wildman–Crippen LogP) is 8.36. The van der Waals surface area contributed by atoms with E-state index in [-0.39, 0.29) is 126 Å². The Labute approximate surface area is 889 Å². The largest absolute Gasteiger partial charge is 0.490 e. The van der Waals surface area contributed by atoms with Crippen LogP contribution in [0, 0.1) is 63.1 Å². The Morgan fingerprint density at radius 2 is 0.653 bits per heavy atom. The average molecular weight is 2270 g/mol. The summed E-state index contributed by atoms with van der Waals surface area (Å²) in [4.78, 5) is 47.3. The van der Waals surface area contributed by atoms with Crippen LogP contribution in [0.1, 0.15) is 222 Å². The molecule has 42 nitrogen and oxygen atoms in total. The summed E-state index contributed by atoms with van der Waals surface area (Å²) in [6, 6.07) is 1.36. The van der Waals surface area contributed by atoms with Crippen molar-refractivity contribution in [1.29, 1.82) is 21.0 Å². The molecule has 828 valence electrons. The molecule has 11 rings (SSSR count). The lowest BCUT2D eigenvalue weighted by Gasteiger charge is -2.51. The first kappa shape index (κ1) is 137. The number of nitrogens with zero attached hydrogens (tertiary/aromatic N) is 4. The van der Waals surface area contributed by atoms with E-state index in [0.29, 0.717) is 19.8 Å². The second-order valence-electron chi connectivity index (χ2n) is 44.0. The number of aliphatic hydroxyl groups excluding tert-OH is 7. The third-order valence-electron chi connectivity index (χ3n) is 28.9. The van der Waals surface area contributed by atoms with Crippen LogP contribution in [0.5, 0.6) is 0 Å². The summed E-state index contributed by atoms with van der Waals surface area (Å²) in [5, 5.41) is 112. The van der Waals surface area contributed by atoms with Crippen LogP contribution < -0.4 is 0 Å². The third-order valence-corrected chi connectivity index (χ3v) is 73.7. The fraction of sp³-hybridized carbons (Fsp3) is 0.943. The normalized spacial score (nSPS) is 35.9. The van der Waals surface area contributed by atoms with Crippen LogP contribution in [0.25, 0.3) is 0 Å². The first-order valence-corrected chi connectivity index (χ1v) is 71.0. The number of aliphatic hydroxyl groups is 8. The number of nitriles is 4. The van der Waals surface area contributed by atoms with Gasteiger partial charge in [-0.25, -0.2) is 13.7 Å². The van der Waals surface area contributed by atoms with Gasteiger partial charge in [-0.05, 0) is 88.7 Å². The van der Waals surface area contributed by atoms with Crippen molar-refractivity contribution in [2.24, 2.45) is 17.8 Å². The van der Waals surface area contributed by atoms with Gasteiger partial charge in [0.15, 0.2) is 11.4 Å². The minimum atomic E-state index is -5.62. The molecule has 0 aromatic rings. The minimum Gasteiger partial charge on any atom is -0.414 e. The van der Waals surface area contributed by atoms with Crippen molar-refractivity contribution in [3.63, 3.8) is 0 Å². The maximum Gasteiger partial charge on any atom is 0.490 e. The van der Waals surface area contributed by atoms with E-state index in [0.717, 1.165) is 0 Å². The molecule has 12 N–H and O–H groups in total. The standard InChI is InChI=1S/C18H34BNO5Si2.C18H34BNO4Si2.C17H35BO5Si2.C17H33BO5Si2.C6H11BNO12P3.C6H8BNO3.C5H9BO4/c1-11(2)26(12(3)4)22-9-15-16(18(21,10-20)17(19)23-15)24-27(25-26,13(5)6)14(7)8;1-11(2)25(12(3)4)21-10-16-17(15(9-20)18(19)22-16)23-26(24-25,13(5)6)14(7)8;2*1-10(2)24(11(3)4)20-9-14-16(15(19)17(18)21-14)22-25(23-24,12(5)6)13(7)8;7-6-3(1-8)5(9)4(18-6)2-17-22(13,14)20-23(15,16)19-21(10,11)12;7-6-3(1-8)5(10)4(2-9)11-6;6-5-4(9)3(8)2(1-7)10-5/h11-17,21H,9H2,1-8H3;11-18H,10H2,1-8H3;10-17,19H,9H2,1-8H3;10-14,16-17H,9H2,1-8H3;3-6,9H,2H2,(H,13,14)(H,15,16)(H2,10,11,12);3-6,9-10H,2H2;2-5,7-9H,1H2/t15-,16?,17-,18+;15-,16+,17?,18+;14-,15+,16?,17-;14-,16?,17-;2*3-,4+,5?,6+;2-,3?,4+,5-/m1011001/s1. The number of phosphoric ester groups is 1. The quantitative estimate of drug-likeness (QED) is 0.0232. The molecule has 0 aliphatic carbocycles. The van der Waals surface area contributed by atoms with Gasteiger partial charge >= 0.3 is 92.0 Å². The summed E-state index contributed by atoms with van der Waals surface area (Å²) < 4.78 is 163. The first-order valence-electron chi connectivity index (χ1n) is 50.7. The highest BCUT2D eigenvalue weighted by Crippen LogP contribution is 2.67. The van der Waals surface area contributed by atoms with Gasteiger partial charge in [0, 0.05) is 30.0 Å². The van der Waals surface area contributed by atoms with Gasteiger partial charge in [-0.2, -0.15) is 29.7 Å². The molecule has 0 amide bonds. The number of rotatable bonds is 25. The van der Waals surface area contributed by atoms with Gasteiger partial charge in [0.1, 0.15) is 128 Å². The Morgan fingerprint density at radius 1 is 0.354 bits per heavy atom. The molecule has 11 aliphatic rings. The fourth-order valence-electron chi connectivity index (χ4n) is 20.5. The minimum absolute atomic E-state index is 0.101. The molecule has 0 saturated carbocycles. The van der Waals surface area contributed by atoms with Crippen molar-refractivity contribution in [3.05, 3.63) is 0 Å². The number of Topliss-reactive ketones (excluding diaryl/α,β-unsaturated/α-hetero) is 1. The van der Waals surface area contributed by atoms with E-state index in [1.54, 1.807) is 6.07 Å². The molecule has 0 spiro atoms. The Hall–Kier alpha value is -0.850. The molecule has 0 aromatic heterocycles. The molecular formula is C87H164B7N4O38P3Si8. The highest BCUT2D eigenvalue weighted by atomic mass is 31.3. The molecule has 0 aromatic carbocycles. The summed E-state index contributed by atoms with van der Waals surface area (Å²) in [7, 11) is 1.87. The lowest BCUT2D eigenvalue weighted by Crippen LogP contribution is -2.67. The van der Waals surface area contributed by atoms with Crippen LogP contribution in [0.4, 0.5) is 0 Å². The van der Waals surface area contributed by atoms with Gasteiger partial charge in [-0.3, -0.25) is 9.32 Å². The molecule has 60 heteroatoms. The van der Waals surface area contributed by atoms with Crippen LogP contribution in [0.15, 0.2) is 0 Å². The Bertz CT molecular complexity index is 4410. The number of phosphoric acid groups is 3. The molecule has 11 fully saturated rings. The Kier molecular flexibility index (Phi) is 51.6. The summed E-state index contributed by atoms with van der Waals surface area (Å²) in [6.45, 7) is 68.5. The molecule has 14 radical (unpaired) electrons. The number of hydrogen-bond acceptors (Lipinski definition) is 38. The molecule has 11 saturated heterocycles. The van der Waals surface area contributed by atoms with Gasteiger partial charge in [-0.15, -0.1) is 0 Å². The maximum atomic E-state index is 12.5. The average Bonchev–Trinajstić information content (AvgIpc) is 1.62. The maximum absolute atomic E-state index is 12.5. The second kappa shape index (κ2) is 55.5. The molecule has 9 unspecified atom stereocenters. The predicted molar refractivity (Wildman–Crippen MR) is 563 cm³/mol. The summed E-state index contributed by atoms with van der Waals surface area (Å²) >= 11 is 0. The van der Waals surface area contributed by atoms with Gasteiger partial charge in [0.25, 0.3) is 0 Å². The SMILES string of the molecule is [B][C@@H]1O[C@@H]2CO[Si](C(C)C)(C(C)C)O[Si](C(C)C)(C(C)C)OC2C1=O.[B][C@@H]1O[C@@H]2CO[Si](C(C)C)(C(C)C)O[Si](C(C)C)(C(C)C)OC2[C@@H]1C#N.[B][C@@H]1O[C@@H]2CO[Si](C(C)C)(C(C)C)O[Si](C(C)C)(C(C)C)OC2[C@@H]1O.[B][C@@H]1O[C@@H]2CO[Si](C(C)C)(C(C)C)O[Si](C(C)C)(C(C)C)OC2[C@@]1(O)C#N.[B][C@@H]1O[C@H](CO)C(O)[C@@H]1C#N.[B][C@@H]1O[C@H](CO)C(O)[C@@H]1O.[B][C@@H]1O[C@H](COP(=O)(O)OP(=O)(O)OP(=O)(O)O)C(O)[C@@H]1C#N. The number of ether oxygens (including phenoxy) is 7. The van der Waals surface area contributed by atoms with Crippen molar-refractivity contribution in [2.75, 3.05) is 46.2 Å². The molecule has 147 heavy (non-hydrogen) atoms. The van der Waals surface area contributed by atoms with E-state index in [1.807, 2.05) is 12.1 Å². The lowest BCUT2D eigenvalue weighted by molar-refractivity contribution is -0.125. The van der Waals surface area contributed by atoms with Gasteiger partial charge in [0.2, 0.25) is 0 Å². The molecular weight excluding hydrogens is 2100 g/mol. The van der Waals surface area contributed by atoms with Crippen molar-refractivity contribution in [3.8, 4) is 24.3 Å². The fourth-order valence-corrected chi connectivity index (χ4v) is 68.4. The van der Waals surface area contributed by atoms with Crippen LogP contribution in [-0.4, -0.2) is 381 Å². The number of hydrogen-bond donors (Lipinski definition) is 12. The van der Waals surface area contributed by atoms with E-state index < -0.39 is 249 Å². The number of carbonyl (C=O) groups is 1. The van der Waals surface area contributed by atoms with E-state index in [9.17, 15) is 54.3 Å². The van der Waals surface area contributed by atoms with Crippen LogP contribution in [0.3, 0.4) is 0 Å². The van der Waals surface area contributed by atoms with Crippen molar-refractivity contribution in [2.45, 2.75) is 456 Å². The van der Waals surface area contributed by atoms with Crippen LogP contribution in [-0.2, 0) is 117 Å². The zero-order valence-corrected chi connectivity index (χ0v) is 102. The van der Waals surface area contributed by atoms with E-state index in [4.69, 9.17) is 186 Å². The van der Waals surface area contributed by atoms with Crippen molar-refractivity contribution >= 4 is 153 Å². The highest BCUT2D eigenvalue weighted by Gasteiger charge is 2.69. The zero-order valence-electron chi connectivity index (χ0n) is 91.4. The molecule has 11 aliphatic heterocycles. The molecule has 29 atom stereocenters. The number of carbonyl (C=O) groups excluding carboxylic acids is 1. The summed E-state index contributed by atoms with van der Waals surface area (Å²) in [5.41, 5.74) is 1.67. The van der Waals surface area contributed by atoms with Gasteiger partial charge in [-0.1, -0.05) is 222 Å².